The maximum absolute atomic E-state index is 10.8. The largest absolute Gasteiger partial charge is 0.385 e. The smallest absolute Gasteiger partial charge is 0.212 e. The first kappa shape index (κ1) is 16.8. The van der Waals surface area contributed by atoms with Crippen molar-refractivity contribution in [2.45, 2.75) is 5.75 Å². The second kappa shape index (κ2) is 7.27. The second-order valence-electron chi connectivity index (χ2n) is 5.36. The van der Waals surface area contributed by atoms with Crippen molar-refractivity contribution in [2.24, 2.45) is 0 Å². The molecule has 0 fully saturated rings. The van der Waals surface area contributed by atoms with Gasteiger partial charge in [-0.1, -0.05) is 30.3 Å². The summed E-state index contributed by atoms with van der Waals surface area (Å²) >= 11 is 0. The molecule has 25 heavy (non-hydrogen) atoms. The zero-order valence-corrected chi connectivity index (χ0v) is 14.3. The van der Waals surface area contributed by atoms with Crippen molar-refractivity contribution >= 4 is 39.5 Å². The van der Waals surface area contributed by atoms with Gasteiger partial charge in [-0.2, -0.15) is 0 Å². The van der Waals surface area contributed by atoms with E-state index in [-0.39, 0.29) is 5.75 Å². The highest BCUT2D eigenvalue weighted by molar-refractivity contribution is 7.71. The van der Waals surface area contributed by atoms with E-state index in [9.17, 15) is 13.2 Å². The number of hydrogen-bond donors (Lipinski definition) is 3. The van der Waals surface area contributed by atoms with Crippen molar-refractivity contribution in [3.8, 4) is 11.1 Å². The molecule has 1 heterocycles. The second-order valence-corrected chi connectivity index (χ2v) is 6.34. The monoisotopic (exact) mass is 356 g/mol. The van der Waals surface area contributed by atoms with Crippen molar-refractivity contribution in [1.82, 2.24) is 10.2 Å². The van der Waals surface area contributed by atoms with Crippen LogP contribution in [0.3, 0.4) is 0 Å². The molecule has 3 rings (SSSR count). The van der Waals surface area contributed by atoms with E-state index >= 15 is 0 Å². The van der Waals surface area contributed by atoms with E-state index in [1.807, 2.05) is 30.3 Å². The van der Waals surface area contributed by atoms with Crippen LogP contribution >= 0.6 is 0 Å². The van der Waals surface area contributed by atoms with Gasteiger partial charge >= 0.3 is 0 Å². The van der Waals surface area contributed by atoms with E-state index in [1.54, 1.807) is 19.2 Å². The summed E-state index contributed by atoms with van der Waals surface area (Å²) in [6, 6.07) is 13.1. The van der Waals surface area contributed by atoms with Crippen LogP contribution in [0.1, 0.15) is 5.56 Å². The molecule has 2 N–H and O–H groups in total. The standard InChI is InChI=1S/C17H16N4O3S/c1-18-16-14-7-6-13(8-15(14)20-21-17(16)19-10-22)12-4-2-11(3-5-12)9-25(23)24/h2-8,10,25H,9H2,1H3,(H,18,20)(H,19,21,22). The Kier molecular flexibility index (Phi) is 4.90. The Hall–Kier alpha value is -3.00. The first-order valence-corrected chi connectivity index (χ1v) is 8.88. The molecule has 0 unspecified atom stereocenters. The van der Waals surface area contributed by atoms with Gasteiger partial charge in [-0.05, 0) is 28.8 Å². The lowest BCUT2D eigenvalue weighted by Gasteiger charge is -2.11. The van der Waals surface area contributed by atoms with Crippen LogP contribution in [-0.4, -0.2) is 32.1 Å². The van der Waals surface area contributed by atoms with E-state index in [0.29, 0.717) is 23.4 Å². The molecule has 0 aliphatic heterocycles. The number of carbonyl (C=O) groups is 1. The van der Waals surface area contributed by atoms with Gasteiger partial charge in [0.05, 0.1) is 17.0 Å². The van der Waals surface area contributed by atoms with Crippen LogP contribution in [0.4, 0.5) is 11.5 Å². The molecule has 0 spiro atoms. The van der Waals surface area contributed by atoms with Gasteiger partial charge in [0.2, 0.25) is 6.41 Å². The quantitative estimate of drug-likeness (QED) is 0.461. The first-order valence-electron chi connectivity index (χ1n) is 7.52. The molecule has 1 aromatic heterocycles. The Balaban J connectivity index is 2.01. The predicted molar refractivity (Wildman–Crippen MR) is 98.2 cm³/mol. The summed E-state index contributed by atoms with van der Waals surface area (Å²) in [5.41, 5.74) is 4.03. The van der Waals surface area contributed by atoms with Gasteiger partial charge in [0, 0.05) is 12.4 Å². The number of nitrogens with zero attached hydrogens (tertiary/aromatic N) is 2. The molecule has 8 heteroatoms. The first-order chi connectivity index (χ1) is 12.1. The maximum atomic E-state index is 10.8. The maximum Gasteiger partial charge on any atom is 0.212 e. The van der Waals surface area contributed by atoms with Crippen LogP contribution in [-0.2, 0) is 21.3 Å². The molecule has 128 valence electrons. The van der Waals surface area contributed by atoms with E-state index in [0.717, 1.165) is 22.1 Å². The van der Waals surface area contributed by atoms with Crippen LogP contribution in [0.5, 0.6) is 0 Å². The average Bonchev–Trinajstić information content (AvgIpc) is 2.61. The zero-order valence-electron chi connectivity index (χ0n) is 13.4. The number of thiol groups is 1. The Morgan fingerprint density at radius 3 is 2.40 bits per heavy atom. The van der Waals surface area contributed by atoms with Crippen molar-refractivity contribution < 1.29 is 13.2 Å². The highest BCUT2D eigenvalue weighted by Crippen LogP contribution is 2.30. The Morgan fingerprint density at radius 1 is 1.04 bits per heavy atom. The molecule has 7 nitrogen and oxygen atoms in total. The Bertz CT molecular complexity index is 993. The zero-order chi connectivity index (χ0) is 17.8. The van der Waals surface area contributed by atoms with E-state index in [1.165, 1.54) is 0 Å². The topological polar surface area (TPSA) is 101 Å². The summed E-state index contributed by atoms with van der Waals surface area (Å²) in [6.45, 7) is 0. The molecule has 0 atom stereocenters. The van der Waals surface area contributed by atoms with Crippen LogP contribution in [0.15, 0.2) is 42.5 Å². The molecular weight excluding hydrogens is 340 g/mol. The molecule has 0 saturated carbocycles. The summed E-state index contributed by atoms with van der Waals surface area (Å²) in [5, 5.41) is 14.6. The average molecular weight is 356 g/mol. The number of aromatic nitrogens is 2. The number of nitrogens with one attached hydrogen (secondary N) is 2. The fourth-order valence-electron chi connectivity index (χ4n) is 2.65. The molecule has 1 amide bonds. The van der Waals surface area contributed by atoms with Gasteiger partial charge < -0.3 is 10.6 Å². The van der Waals surface area contributed by atoms with Gasteiger partial charge in [-0.3, -0.25) is 4.79 Å². The third-order valence-corrected chi connectivity index (χ3v) is 4.43. The van der Waals surface area contributed by atoms with Gasteiger partial charge in [0.15, 0.2) is 5.82 Å². The van der Waals surface area contributed by atoms with Gasteiger partial charge in [0.1, 0.15) is 10.7 Å². The fraction of sp³-hybridized carbons (Fsp3) is 0.118. The van der Waals surface area contributed by atoms with Crippen molar-refractivity contribution in [3.63, 3.8) is 0 Å². The fourth-order valence-corrected chi connectivity index (χ4v) is 3.16. The predicted octanol–water partition coefficient (Wildman–Crippen LogP) is 2.02. The lowest BCUT2D eigenvalue weighted by molar-refractivity contribution is -0.105. The molecule has 0 bridgehead atoms. The lowest BCUT2D eigenvalue weighted by atomic mass is 10.0. The van der Waals surface area contributed by atoms with Crippen LogP contribution in [0.25, 0.3) is 22.0 Å². The van der Waals surface area contributed by atoms with Crippen molar-refractivity contribution in [3.05, 3.63) is 48.0 Å². The normalized spacial score (nSPS) is 10.8. The number of hydrogen-bond acceptors (Lipinski definition) is 6. The minimum atomic E-state index is -2.43. The lowest BCUT2D eigenvalue weighted by Crippen LogP contribution is -2.04. The van der Waals surface area contributed by atoms with E-state index in [2.05, 4.69) is 20.8 Å². The molecule has 0 aliphatic carbocycles. The molecule has 0 saturated heterocycles. The van der Waals surface area contributed by atoms with Crippen molar-refractivity contribution in [1.29, 1.82) is 0 Å². The third-order valence-electron chi connectivity index (χ3n) is 3.81. The van der Waals surface area contributed by atoms with Crippen LogP contribution in [0, 0.1) is 0 Å². The summed E-state index contributed by atoms with van der Waals surface area (Å²) in [5.74, 6) is 0.408. The number of anilines is 2. The minimum absolute atomic E-state index is 0.0385. The van der Waals surface area contributed by atoms with Gasteiger partial charge in [-0.25, -0.2) is 8.42 Å². The number of amides is 1. The SMILES string of the molecule is CNc1c(NC=O)nnc2cc(-c3ccc(C[SH](=O)=O)cc3)ccc12. The number of carbonyl (C=O) groups excluding carboxylic acids is 1. The van der Waals surface area contributed by atoms with E-state index in [4.69, 9.17) is 0 Å². The summed E-state index contributed by atoms with van der Waals surface area (Å²) < 4.78 is 21.6. The number of rotatable bonds is 6. The minimum Gasteiger partial charge on any atom is -0.385 e. The van der Waals surface area contributed by atoms with Gasteiger partial charge in [0.25, 0.3) is 0 Å². The molecular formula is C17H16N4O3S. The highest BCUT2D eigenvalue weighted by Gasteiger charge is 2.10. The highest BCUT2D eigenvalue weighted by atomic mass is 32.2. The number of fused-ring (bicyclic) bond motifs is 1. The Labute approximate surface area is 146 Å². The third kappa shape index (κ3) is 3.58. The molecule has 0 radical (unpaired) electrons. The number of benzene rings is 2. The molecule has 0 aliphatic rings. The van der Waals surface area contributed by atoms with Gasteiger partial charge in [-0.15, -0.1) is 10.2 Å². The van der Waals surface area contributed by atoms with Crippen LogP contribution in [0.2, 0.25) is 0 Å². The van der Waals surface area contributed by atoms with Crippen molar-refractivity contribution in [2.75, 3.05) is 17.7 Å². The summed E-state index contributed by atoms with van der Waals surface area (Å²) in [6.07, 6.45) is 0.558. The van der Waals surface area contributed by atoms with E-state index < -0.39 is 10.7 Å². The molecule has 3 aromatic rings. The molecule has 2 aromatic carbocycles. The Morgan fingerprint density at radius 2 is 1.76 bits per heavy atom. The van der Waals surface area contributed by atoms with Crippen LogP contribution < -0.4 is 10.6 Å². The summed E-state index contributed by atoms with van der Waals surface area (Å²) in [7, 11) is -0.682. The summed E-state index contributed by atoms with van der Waals surface area (Å²) in [4.78, 5) is 10.7.